The molecule has 0 amide bonds. The molecule has 2 heterocycles. The van der Waals surface area contributed by atoms with E-state index in [1.807, 2.05) is 0 Å². The Labute approximate surface area is 81.7 Å². The van der Waals surface area contributed by atoms with Gasteiger partial charge in [-0.3, -0.25) is 4.79 Å². The maximum atomic E-state index is 12.5. The lowest BCUT2D eigenvalue weighted by Crippen LogP contribution is -2.20. The van der Waals surface area contributed by atoms with Crippen molar-refractivity contribution in [3.63, 3.8) is 0 Å². The van der Waals surface area contributed by atoms with Crippen molar-refractivity contribution >= 4 is 5.52 Å². The molecule has 80 valence electrons. The zero-order chi connectivity index (χ0) is 11.2. The van der Waals surface area contributed by atoms with E-state index in [1.54, 1.807) is 0 Å². The number of nitrogens with zero attached hydrogens (tertiary/aromatic N) is 1. The van der Waals surface area contributed by atoms with Crippen molar-refractivity contribution in [3.05, 3.63) is 39.9 Å². The Balaban J connectivity index is 2.88. The average Bonchev–Trinajstić information content (AvgIpc) is 2.57. The summed E-state index contributed by atoms with van der Waals surface area (Å²) in [5.74, 6) is 0. The maximum absolute atomic E-state index is 12.5. The van der Waals surface area contributed by atoms with Crippen LogP contribution in [0.5, 0.6) is 0 Å². The summed E-state index contributed by atoms with van der Waals surface area (Å²) < 4.78 is 43.0. The molecular weight excluding hydrogens is 211 g/mol. The van der Waals surface area contributed by atoms with Gasteiger partial charge in [0.1, 0.15) is 6.26 Å². The third-order valence-corrected chi connectivity index (χ3v) is 2.15. The molecule has 0 fully saturated rings. The van der Waals surface area contributed by atoms with Crippen molar-refractivity contribution in [2.45, 2.75) is 13.1 Å². The summed E-state index contributed by atoms with van der Waals surface area (Å²) in [4.78, 5) is 11.4. The highest BCUT2D eigenvalue weighted by Crippen LogP contribution is 2.31. The standard InChI is InChI=1S/C9H6F3NO2/c1-5-7(9(10,11)12)4-6-2-3-15-13(6)8(5)14/h2-4H,1H3. The molecule has 2 rings (SSSR count). The fourth-order valence-corrected chi connectivity index (χ4v) is 1.38. The predicted molar refractivity (Wildman–Crippen MR) is 45.7 cm³/mol. The second-order valence-corrected chi connectivity index (χ2v) is 3.11. The summed E-state index contributed by atoms with van der Waals surface area (Å²) in [5.41, 5.74) is -1.98. The number of halogens is 3. The number of alkyl halides is 3. The van der Waals surface area contributed by atoms with Gasteiger partial charge in [0.05, 0.1) is 11.1 Å². The first-order valence-corrected chi connectivity index (χ1v) is 4.09. The molecule has 2 aromatic rings. The minimum atomic E-state index is -4.52. The number of rotatable bonds is 0. The molecule has 0 aliphatic rings. The minimum Gasteiger partial charge on any atom is -0.379 e. The molecule has 0 aliphatic carbocycles. The van der Waals surface area contributed by atoms with Crippen LogP contribution in [0.2, 0.25) is 0 Å². The Kier molecular flexibility index (Phi) is 1.89. The lowest BCUT2D eigenvalue weighted by atomic mass is 10.1. The molecule has 0 aromatic carbocycles. The molecule has 0 aliphatic heterocycles. The molecule has 15 heavy (non-hydrogen) atoms. The van der Waals surface area contributed by atoms with E-state index in [0.29, 0.717) is 0 Å². The van der Waals surface area contributed by atoms with Gasteiger partial charge in [-0.2, -0.15) is 13.2 Å². The van der Waals surface area contributed by atoms with Gasteiger partial charge >= 0.3 is 6.18 Å². The largest absolute Gasteiger partial charge is 0.416 e. The summed E-state index contributed by atoms with van der Waals surface area (Å²) in [6.45, 7) is 1.13. The summed E-state index contributed by atoms with van der Waals surface area (Å²) in [6, 6.07) is 2.19. The molecule has 0 saturated carbocycles. The van der Waals surface area contributed by atoms with Crippen LogP contribution in [-0.4, -0.2) is 4.57 Å². The topological polar surface area (TPSA) is 34.6 Å². The van der Waals surface area contributed by atoms with Crippen LogP contribution in [0, 0.1) is 6.92 Å². The van der Waals surface area contributed by atoms with Gasteiger partial charge in [0, 0.05) is 11.6 Å². The van der Waals surface area contributed by atoms with Crippen LogP contribution in [0.25, 0.3) is 5.52 Å². The van der Waals surface area contributed by atoms with Gasteiger partial charge in [-0.1, -0.05) is 0 Å². The van der Waals surface area contributed by atoms with E-state index in [4.69, 9.17) is 4.52 Å². The quantitative estimate of drug-likeness (QED) is 0.678. The van der Waals surface area contributed by atoms with Gasteiger partial charge < -0.3 is 4.52 Å². The summed E-state index contributed by atoms with van der Waals surface area (Å²) in [7, 11) is 0. The Bertz CT molecular complexity index is 565. The predicted octanol–water partition coefficient (Wildman–Crippen LogP) is 2.22. The lowest BCUT2D eigenvalue weighted by Gasteiger charge is -2.08. The number of fused-ring (bicyclic) bond motifs is 1. The van der Waals surface area contributed by atoms with Crippen LogP contribution >= 0.6 is 0 Å². The van der Waals surface area contributed by atoms with Crippen LogP contribution in [0.4, 0.5) is 13.2 Å². The fourth-order valence-electron chi connectivity index (χ4n) is 1.38. The van der Waals surface area contributed by atoms with E-state index < -0.39 is 17.3 Å². The van der Waals surface area contributed by atoms with Gasteiger partial charge in [0.25, 0.3) is 5.56 Å². The van der Waals surface area contributed by atoms with Crippen LogP contribution in [0.1, 0.15) is 11.1 Å². The molecule has 6 heteroatoms. The second-order valence-electron chi connectivity index (χ2n) is 3.11. The van der Waals surface area contributed by atoms with E-state index >= 15 is 0 Å². The highest BCUT2D eigenvalue weighted by molar-refractivity contribution is 5.49. The van der Waals surface area contributed by atoms with Gasteiger partial charge in [-0.25, -0.2) is 0 Å². The highest BCUT2D eigenvalue weighted by atomic mass is 19.4. The first-order chi connectivity index (χ1) is 6.91. The number of hydrogen-bond acceptors (Lipinski definition) is 2. The molecule has 3 nitrogen and oxygen atoms in total. The Morgan fingerprint density at radius 3 is 2.67 bits per heavy atom. The van der Waals surface area contributed by atoms with Gasteiger partial charge in [0.2, 0.25) is 0 Å². The Morgan fingerprint density at radius 1 is 1.40 bits per heavy atom. The van der Waals surface area contributed by atoms with E-state index in [2.05, 4.69) is 0 Å². The van der Waals surface area contributed by atoms with Crippen molar-refractivity contribution in [1.29, 1.82) is 0 Å². The molecule has 0 saturated heterocycles. The van der Waals surface area contributed by atoms with Crippen LogP contribution in [0.3, 0.4) is 0 Å². The molecule has 0 spiro atoms. The molecule has 0 bridgehead atoms. The monoisotopic (exact) mass is 217 g/mol. The van der Waals surface area contributed by atoms with E-state index in [-0.39, 0.29) is 11.1 Å². The Morgan fingerprint density at radius 2 is 2.07 bits per heavy atom. The molecule has 0 radical (unpaired) electrons. The fraction of sp³-hybridized carbons (Fsp3) is 0.222. The average molecular weight is 217 g/mol. The number of hydrogen-bond donors (Lipinski definition) is 0. The SMILES string of the molecule is Cc1c(C(F)(F)F)cc2ccon2c1=O. The van der Waals surface area contributed by atoms with E-state index in [0.717, 1.165) is 23.8 Å². The van der Waals surface area contributed by atoms with Crippen molar-refractivity contribution in [2.75, 3.05) is 0 Å². The third kappa shape index (κ3) is 1.42. The van der Waals surface area contributed by atoms with Crippen LogP contribution < -0.4 is 5.56 Å². The first kappa shape index (κ1) is 9.82. The summed E-state index contributed by atoms with van der Waals surface area (Å²) in [5, 5.41) is 0. The molecule has 0 N–H and O–H groups in total. The van der Waals surface area contributed by atoms with Gasteiger partial charge in [-0.15, -0.1) is 4.57 Å². The lowest BCUT2D eigenvalue weighted by molar-refractivity contribution is -0.138. The summed E-state index contributed by atoms with van der Waals surface area (Å²) >= 11 is 0. The second kappa shape index (κ2) is 2.88. The zero-order valence-corrected chi connectivity index (χ0v) is 7.63. The summed E-state index contributed by atoms with van der Waals surface area (Å²) in [6.07, 6.45) is -3.36. The minimum absolute atomic E-state index is 0.0953. The molecule has 2 aromatic heterocycles. The maximum Gasteiger partial charge on any atom is 0.416 e. The normalized spacial score (nSPS) is 12.3. The zero-order valence-electron chi connectivity index (χ0n) is 7.63. The highest BCUT2D eigenvalue weighted by Gasteiger charge is 2.34. The number of aromatic nitrogens is 1. The molecular formula is C9H6F3NO2. The van der Waals surface area contributed by atoms with Gasteiger partial charge in [-0.05, 0) is 13.0 Å². The van der Waals surface area contributed by atoms with Crippen LogP contribution in [0.15, 0.2) is 27.7 Å². The van der Waals surface area contributed by atoms with Crippen LogP contribution in [-0.2, 0) is 6.18 Å². The smallest absolute Gasteiger partial charge is 0.379 e. The van der Waals surface area contributed by atoms with Crippen molar-refractivity contribution in [2.24, 2.45) is 0 Å². The molecule has 0 unspecified atom stereocenters. The first-order valence-electron chi connectivity index (χ1n) is 4.09. The number of pyridine rings is 1. The van der Waals surface area contributed by atoms with E-state index in [1.165, 1.54) is 6.07 Å². The van der Waals surface area contributed by atoms with Crippen molar-refractivity contribution < 1.29 is 17.7 Å². The Hall–Kier alpha value is -1.72. The third-order valence-electron chi connectivity index (χ3n) is 2.15. The van der Waals surface area contributed by atoms with Crippen molar-refractivity contribution in [1.82, 2.24) is 4.57 Å². The molecule has 0 atom stereocenters. The van der Waals surface area contributed by atoms with Crippen molar-refractivity contribution in [3.8, 4) is 0 Å². The van der Waals surface area contributed by atoms with Gasteiger partial charge in [0.15, 0.2) is 0 Å². The van der Waals surface area contributed by atoms with E-state index in [9.17, 15) is 18.0 Å².